The van der Waals surface area contributed by atoms with Crippen molar-refractivity contribution in [2.75, 3.05) is 20.3 Å². The van der Waals surface area contributed by atoms with Crippen LogP contribution in [-0.4, -0.2) is 41.3 Å². The van der Waals surface area contributed by atoms with Crippen LogP contribution in [0.5, 0.6) is 0 Å². The summed E-state index contributed by atoms with van der Waals surface area (Å²) in [6, 6.07) is 8.34. The zero-order chi connectivity index (χ0) is 12.1. The molecule has 0 radical (unpaired) electrons. The highest BCUT2D eigenvalue weighted by atomic mass is 16.5. The summed E-state index contributed by atoms with van der Waals surface area (Å²) >= 11 is 0. The average Bonchev–Trinajstić information content (AvgIpc) is 2.73. The molecule has 17 heavy (non-hydrogen) atoms. The van der Waals surface area contributed by atoms with Gasteiger partial charge in [-0.1, -0.05) is 17.3 Å². The molecule has 5 nitrogen and oxygen atoms in total. The van der Waals surface area contributed by atoms with Crippen LogP contribution in [0.4, 0.5) is 0 Å². The highest BCUT2D eigenvalue weighted by Crippen LogP contribution is 2.08. The van der Waals surface area contributed by atoms with Crippen molar-refractivity contribution in [3.63, 3.8) is 0 Å². The van der Waals surface area contributed by atoms with Crippen molar-refractivity contribution in [3.8, 4) is 0 Å². The van der Waals surface area contributed by atoms with Gasteiger partial charge >= 0.3 is 0 Å². The fourth-order valence-electron chi connectivity index (χ4n) is 1.81. The minimum atomic E-state index is 0.356. The number of ether oxygens (including phenoxy) is 1. The smallest absolute Gasteiger partial charge is 0.113 e. The first-order chi connectivity index (χ1) is 8.31. The summed E-state index contributed by atoms with van der Waals surface area (Å²) in [6.07, 6.45) is 0. The van der Waals surface area contributed by atoms with Crippen LogP contribution < -0.4 is 5.32 Å². The molecule has 0 aliphatic carbocycles. The van der Waals surface area contributed by atoms with Crippen LogP contribution in [0, 0.1) is 0 Å². The molecule has 1 aromatic carbocycles. The Labute approximate surface area is 101 Å². The van der Waals surface area contributed by atoms with Crippen molar-refractivity contribution >= 4 is 11.0 Å². The minimum absolute atomic E-state index is 0.356. The molecule has 1 aromatic heterocycles. The van der Waals surface area contributed by atoms with Crippen LogP contribution in [0.1, 0.15) is 6.92 Å². The summed E-state index contributed by atoms with van der Waals surface area (Å²) in [7, 11) is 1.71. The molecule has 5 heteroatoms. The number of rotatable bonds is 6. The zero-order valence-electron chi connectivity index (χ0n) is 10.3. The molecule has 0 amide bonds. The molecule has 1 N–H and O–H groups in total. The van der Waals surface area contributed by atoms with Crippen LogP contribution in [0.25, 0.3) is 11.0 Å². The predicted octanol–water partition coefficient (Wildman–Crippen LogP) is 1.06. The Morgan fingerprint density at radius 2 is 2.24 bits per heavy atom. The Bertz CT molecular complexity index is 468. The highest BCUT2D eigenvalue weighted by Gasteiger charge is 2.04. The Hall–Kier alpha value is -1.46. The third-order valence-corrected chi connectivity index (χ3v) is 2.65. The molecule has 2 rings (SSSR count). The second kappa shape index (κ2) is 5.75. The number of hydrogen-bond acceptors (Lipinski definition) is 4. The van der Waals surface area contributed by atoms with Gasteiger partial charge in [-0.2, -0.15) is 0 Å². The molecule has 92 valence electrons. The minimum Gasteiger partial charge on any atom is -0.383 e. The maximum Gasteiger partial charge on any atom is 0.113 e. The molecule has 2 aromatic rings. The Morgan fingerprint density at radius 1 is 1.41 bits per heavy atom. The van der Waals surface area contributed by atoms with Crippen LogP contribution in [0.15, 0.2) is 24.3 Å². The van der Waals surface area contributed by atoms with Gasteiger partial charge < -0.3 is 10.1 Å². The first-order valence-corrected chi connectivity index (χ1v) is 5.82. The third-order valence-electron chi connectivity index (χ3n) is 2.65. The lowest BCUT2D eigenvalue weighted by Crippen LogP contribution is -2.32. The summed E-state index contributed by atoms with van der Waals surface area (Å²) in [5.74, 6) is 0. The number of benzene rings is 1. The van der Waals surface area contributed by atoms with E-state index in [1.54, 1.807) is 7.11 Å². The second-order valence-electron chi connectivity index (χ2n) is 4.11. The van der Waals surface area contributed by atoms with Gasteiger partial charge in [0.05, 0.1) is 18.7 Å². The van der Waals surface area contributed by atoms with Gasteiger partial charge in [-0.3, -0.25) is 0 Å². The van der Waals surface area contributed by atoms with Crippen LogP contribution in [0.2, 0.25) is 0 Å². The monoisotopic (exact) mass is 234 g/mol. The summed E-state index contributed by atoms with van der Waals surface area (Å²) in [5.41, 5.74) is 2.02. The van der Waals surface area contributed by atoms with Gasteiger partial charge in [0.2, 0.25) is 0 Å². The lowest BCUT2D eigenvalue weighted by molar-refractivity contribution is 0.171. The normalized spacial score (nSPS) is 13.1. The standard InChI is InChI=1S/C12H18N4O/c1-10(9-17-2)13-7-8-16-12-6-4-3-5-11(12)14-15-16/h3-6,10,13H,7-9H2,1-2H3. The van der Waals surface area contributed by atoms with E-state index in [0.717, 1.165) is 30.7 Å². The Kier molecular flexibility index (Phi) is 4.06. The van der Waals surface area contributed by atoms with E-state index in [9.17, 15) is 0 Å². The number of hydrogen-bond donors (Lipinski definition) is 1. The van der Waals surface area contributed by atoms with E-state index in [-0.39, 0.29) is 0 Å². The van der Waals surface area contributed by atoms with Crippen LogP contribution >= 0.6 is 0 Å². The molecule has 1 unspecified atom stereocenters. The topological polar surface area (TPSA) is 52.0 Å². The second-order valence-corrected chi connectivity index (χ2v) is 4.11. The van der Waals surface area contributed by atoms with E-state index in [0.29, 0.717) is 6.04 Å². The quantitative estimate of drug-likeness (QED) is 0.812. The molecule has 0 bridgehead atoms. The fraction of sp³-hybridized carbons (Fsp3) is 0.500. The number of nitrogens with zero attached hydrogens (tertiary/aromatic N) is 3. The molecule has 0 saturated carbocycles. The summed E-state index contributed by atoms with van der Waals surface area (Å²) < 4.78 is 6.98. The number of fused-ring (bicyclic) bond motifs is 1. The van der Waals surface area contributed by atoms with Gasteiger partial charge in [0.15, 0.2) is 0 Å². The fourth-order valence-corrected chi connectivity index (χ4v) is 1.81. The van der Waals surface area contributed by atoms with E-state index < -0.39 is 0 Å². The van der Waals surface area contributed by atoms with Gasteiger partial charge in [-0.15, -0.1) is 5.10 Å². The molecule has 0 saturated heterocycles. The van der Waals surface area contributed by atoms with E-state index in [4.69, 9.17) is 4.74 Å². The Morgan fingerprint density at radius 3 is 3.06 bits per heavy atom. The zero-order valence-corrected chi connectivity index (χ0v) is 10.3. The summed E-state index contributed by atoms with van der Waals surface area (Å²) in [5, 5.41) is 11.6. The molecule has 1 heterocycles. The van der Waals surface area contributed by atoms with Gasteiger partial charge in [0.25, 0.3) is 0 Å². The molecular weight excluding hydrogens is 216 g/mol. The molecule has 0 fully saturated rings. The number of methoxy groups -OCH3 is 1. The van der Waals surface area contributed by atoms with E-state index >= 15 is 0 Å². The first-order valence-electron chi connectivity index (χ1n) is 5.82. The molecule has 0 spiro atoms. The molecular formula is C12H18N4O. The summed E-state index contributed by atoms with van der Waals surface area (Å²) in [4.78, 5) is 0. The van der Waals surface area contributed by atoms with Crippen molar-refractivity contribution in [3.05, 3.63) is 24.3 Å². The molecule has 0 aliphatic heterocycles. The predicted molar refractivity (Wildman–Crippen MR) is 66.9 cm³/mol. The summed E-state index contributed by atoms with van der Waals surface area (Å²) in [6.45, 7) is 4.49. The number of aromatic nitrogens is 3. The van der Waals surface area contributed by atoms with Gasteiger partial charge in [-0.25, -0.2) is 4.68 Å². The lowest BCUT2D eigenvalue weighted by Gasteiger charge is -2.12. The van der Waals surface area contributed by atoms with Gasteiger partial charge in [-0.05, 0) is 19.1 Å². The van der Waals surface area contributed by atoms with Gasteiger partial charge in [0, 0.05) is 19.7 Å². The lowest BCUT2D eigenvalue weighted by atomic mass is 10.3. The van der Waals surface area contributed by atoms with Crippen molar-refractivity contribution in [2.45, 2.75) is 19.5 Å². The van der Waals surface area contributed by atoms with Crippen LogP contribution in [-0.2, 0) is 11.3 Å². The number of nitrogens with one attached hydrogen (secondary N) is 1. The maximum absolute atomic E-state index is 5.06. The Balaban J connectivity index is 1.91. The first kappa shape index (κ1) is 12.0. The van der Waals surface area contributed by atoms with Crippen molar-refractivity contribution in [1.82, 2.24) is 20.3 Å². The SMILES string of the molecule is COCC(C)NCCn1nnc2ccccc21. The third kappa shape index (κ3) is 3.01. The van der Waals surface area contributed by atoms with Crippen molar-refractivity contribution in [1.29, 1.82) is 0 Å². The largest absolute Gasteiger partial charge is 0.383 e. The average molecular weight is 234 g/mol. The van der Waals surface area contributed by atoms with E-state index in [1.807, 2.05) is 28.9 Å². The highest BCUT2D eigenvalue weighted by molar-refractivity contribution is 5.73. The van der Waals surface area contributed by atoms with E-state index in [2.05, 4.69) is 22.6 Å². The van der Waals surface area contributed by atoms with Crippen molar-refractivity contribution < 1.29 is 4.74 Å². The molecule has 1 atom stereocenters. The van der Waals surface area contributed by atoms with Crippen molar-refractivity contribution in [2.24, 2.45) is 0 Å². The van der Waals surface area contributed by atoms with E-state index in [1.165, 1.54) is 0 Å². The maximum atomic E-state index is 5.06. The number of para-hydroxylation sites is 1. The van der Waals surface area contributed by atoms with Crippen LogP contribution in [0.3, 0.4) is 0 Å². The van der Waals surface area contributed by atoms with Gasteiger partial charge in [0.1, 0.15) is 5.52 Å². The molecule has 0 aliphatic rings.